The molecule has 19 heavy (non-hydrogen) atoms. The molecule has 7 heteroatoms. The molecule has 0 spiro atoms. The number of amides is 1. The van der Waals surface area contributed by atoms with Crippen molar-refractivity contribution in [1.29, 1.82) is 0 Å². The summed E-state index contributed by atoms with van der Waals surface area (Å²) < 4.78 is 0. The van der Waals surface area contributed by atoms with Gasteiger partial charge in [0.2, 0.25) is 0 Å². The first-order valence-electron chi connectivity index (χ1n) is 6.07. The van der Waals surface area contributed by atoms with Crippen LogP contribution < -0.4 is 16.0 Å². The maximum Gasteiger partial charge on any atom is 0.252 e. The van der Waals surface area contributed by atoms with Gasteiger partial charge in [0.05, 0.1) is 5.56 Å². The van der Waals surface area contributed by atoms with E-state index in [-0.39, 0.29) is 29.9 Å². The predicted molar refractivity (Wildman–Crippen MR) is 84.9 cm³/mol. The summed E-state index contributed by atoms with van der Waals surface area (Å²) >= 11 is 0. The average molecular weight is 375 g/mol. The van der Waals surface area contributed by atoms with Crippen molar-refractivity contribution in [2.24, 2.45) is 4.99 Å². The molecule has 0 aromatic carbocycles. The van der Waals surface area contributed by atoms with E-state index in [0.29, 0.717) is 18.7 Å². The minimum atomic E-state index is -0.108. The quantitative estimate of drug-likeness (QED) is 0.525. The van der Waals surface area contributed by atoms with Crippen molar-refractivity contribution in [3.8, 4) is 0 Å². The predicted octanol–water partition coefficient (Wildman–Crippen LogP) is 0.368. The van der Waals surface area contributed by atoms with Gasteiger partial charge < -0.3 is 16.0 Å². The number of nitrogens with one attached hydrogen (secondary N) is 3. The summed E-state index contributed by atoms with van der Waals surface area (Å²) in [6, 6.07) is 3.48. The molecule has 1 aromatic heterocycles. The van der Waals surface area contributed by atoms with Gasteiger partial charge in [0.1, 0.15) is 0 Å². The van der Waals surface area contributed by atoms with Crippen LogP contribution in [0.4, 0.5) is 0 Å². The Morgan fingerprint density at radius 2 is 2.32 bits per heavy atom. The lowest BCUT2D eigenvalue weighted by molar-refractivity contribution is 0.0954. The maximum atomic E-state index is 11.7. The molecule has 2 rings (SSSR count). The van der Waals surface area contributed by atoms with Gasteiger partial charge in [0.15, 0.2) is 5.96 Å². The van der Waals surface area contributed by atoms with E-state index in [4.69, 9.17) is 0 Å². The second kappa shape index (κ2) is 8.68. The minimum absolute atomic E-state index is 0. The Kier molecular flexibility index (Phi) is 7.16. The lowest BCUT2D eigenvalue weighted by Crippen LogP contribution is -2.43. The molecule has 6 nitrogen and oxygen atoms in total. The fourth-order valence-electron chi connectivity index (χ4n) is 1.61. The zero-order valence-corrected chi connectivity index (χ0v) is 12.9. The van der Waals surface area contributed by atoms with Gasteiger partial charge in [0.25, 0.3) is 5.91 Å². The molecule has 0 saturated heterocycles. The highest BCUT2D eigenvalue weighted by Gasteiger charge is 2.05. The smallest absolute Gasteiger partial charge is 0.252 e. The number of hydrogen-bond donors (Lipinski definition) is 3. The van der Waals surface area contributed by atoms with Crippen molar-refractivity contribution >= 4 is 35.8 Å². The fraction of sp³-hybridized carbons (Fsp3) is 0.417. The molecule has 2 heterocycles. The highest BCUT2D eigenvalue weighted by molar-refractivity contribution is 14.0. The number of hydrogen-bond acceptors (Lipinski definition) is 5. The molecular weight excluding hydrogens is 357 g/mol. The van der Waals surface area contributed by atoms with Crippen LogP contribution in [-0.2, 0) is 0 Å². The molecule has 1 amide bonds. The second-order valence-corrected chi connectivity index (χ2v) is 3.94. The van der Waals surface area contributed by atoms with E-state index in [1.165, 1.54) is 0 Å². The van der Waals surface area contributed by atoms with Gasteiger partial charge in [-0.15, -0.1) is 24.0 Å². The zero-order valence-electron chi connectivity index (χ0n) is 10.6. The number of aromatic nitrogens is 1. The van der Waals surface area contributed by atoms with E-state index in [1.54, 1.807) is 24.5 Å². The van der Waals surface area contributed by atoms with Gasteiger partial charge >= 0.3 is 0 Å². The number of pyridine rings is 1. The third kappa shape index (κ3) is 5.41. The molecule has 1 aromatic rings. The van der Waals surface area contributed by atoms with E-state index >= 15 is 0 Å². The molecule has 1 aliphatic heterocycles. The van der Waals surface area contributed by atoms with E-state index in [0.717, 1.165) is 25.5 Å². The number of nitrogens with zero attached hydrogens (tertiary/aromatic N) is 2. The van der Waals surface area contributed by atoms with Gasteiger partial charge in [-0.05, 0) is 18.6 Å². The number of carbonyl (C=O) groups excluding carboxylic acids is 1. The number of aliphatic imine (C=N–C) groups is 1. The summed E-state index contributed by atoms with van der Waals surface area (Å²) in [6.07, 6.45) is 4.27. The monoisotopic (exact) mass is 375 g/mol. The first kappa shape index (κ1) is 15.7. The highest BCUT2D eigenvalue weighted by atomic mass is 127. The second-order valence-electron chi connectivity index (χ2n) is 3.94. The number of rotatable bonds is 4. The summed E-state index contributed by atoms with van der Waals surface area (Å²) in [5, 5.41) is 9.11. The summed E-state index contributed by atoms with van der Waals surface area (Å²) in [5.41, 5.74) is 0.575. The first-order chi connectivity index (χ1) is 8.86. The van der Waals surface area contributed by atoms with Crippen LogP contribution in [0.2, 0.25) is 0 Å². The van der Waals surface area contributed by atoms with Crippen LogP contribution in [0.25, 0.3) is 0 Å². The normalized spacial score (nSPS) is 13.6. The SMILES string of the molecule is I.O=C(NCCNC1=NCCCN1)c1cccnc1. The van der Waals surface area contributed by atoms with Gasteiger partial charge in [-0.2, -0.15) is 0 Å². The van der Waals surface area contributed by atoms with Crippen molar-refractivity contribution in [3.63, 3.8) is 0 Å². The van der Waals surface area contributed by atoms with E-state index in [9.17, 15) is 4.79 Å². The zero-order chi connectivity index (χ0) is 12.6. The molecule has 1 aliphatic rings. The Morgan fingerprint density at radius 1 is 1.42 bits per heavy atom. The van der Waals surface area contributed by atoms with Crippen LogP contribution in [0.5, 0.6) is 0 Å². The van der Waals surface area contributed by atoms with Crippen LogP contribution in [0, 0.1) is 0 Å². The van der Waals surface area contributed by atoms with E-state index < -0.39 is 0 Å². The summed E-state index contributed by atoms with van der Waals surface area (Å²) in [5.74, 6) is 0.709. The molecule has 0 atom stereocenters. The third-order valence-electron chi connectivity index (χ3n) is 2.52. The largest absolute Gasteiger partial charge is 0.356 e. The van der Waals surface area contributed by atoms with Crippen LogP contribution in [0.15, 0.2) is 29.5 Å². The Hall–Kier alpha value is -1.38. The van der Waals surface area contributed by atoms with Crippen LogP contribution in [-0.4, -0.2) is 43.0 Å². The third-order valence-corrected chi connectivity index (χ3v) is 2.52. The number of guanidine groups is 1. The molecular formula is C12H18IN5O. The lowest BCUT2D eigenvalue weighted by Gasteiger charge is -2.16. The van der Waals surface area contributed by atoms with Crippen LogP contribution >= 0.6 is 24.0 Å². The van der Waals surface area contributed by atoms with Gasteiger partial charge in [-0.25, -0.2) is 0 Å². The molecule has 3 N–H and O–H groups in total. The molecule has 104 valence electrons. The molecule has 0 fully saturated rings. The Bertz CT molecular complexity index is 423. The Labute approximate surface area is 129 Å². The highest BCUT2D eigenvalue weighted by Crippen LogP contribution is 1.94. The fourth-order valence-corrected chi connectivity index (χ4v) is 1.61. The molecule has 0 saturated carbocycles. The van der Waals surface area contributed by atoms with Crippen LogP contribution in [0.3, 0.4) is 0 Å². The number of carbonyl (C=O) groups is 1. The summed E-state index contributed by atoms with van der Waals surface area (Å²) in [6.45, 7) is 3.01. The van der Waals surface area contributed by atoms with Crippen molar-refractivity contribution in [2.75, 3.05) is 26.2 Å². The van der Waals surface area contributed by atoms with Gasteiger partial charge in [-0.1, -0.05) is 0 Å². The first-order valence-corrected chi connectivity index (χ1v) is 6.07. The Balaban J connectivity index is 0.00000180. The number of halogens is 1. The summed E-state index contributed by atoms with van der Waals surface area (Å²) in [7, 11) is 0. The van der Waals surface area contributed by atoms with Crippen molar-refractivity contribution in [2.45, 2.75) is 6.42 Å². The van der Waals surface area contributed by atoms with Gasteiger partial charge in [-0.3, -0.25) is 14.8 Å². The standard InChI is InChI=1S/C12H17N5O.HI/c18-11(10-3-1-4-13-9-10)14-7-8-17-12-15-5-2-6-16-12;/h1,3-4,9H,2,5-8H2,(H,14,18)(H2,15,16,17);1H. The van der Waals surface area contributed by atoms with Gasteiger partial charge in [0, 0.05) is 38.6 Å². The molecule has 0 radical (unpaired) electrons. The maximum absolute atomic E-state index is 11.7. The van der Waals surface area contributed by atoms with Crippen molar-refractivity contribution in [3.05, 3.63) is 30.1 Å². The van der Waals surface area contributed by atoms with E-state index in [1.807, 2.05) is 0 Å². The Morgan fingerprint density at radius 3 is 3.00 bits per heavy atom. The minimum Gasteiger partial charge on any atom is -0.356 e. The average Bonchev–Trinajstić information content (AvgIpc) is 2.45. The molecule has 0 aliphatic carbocycles. The molecule has 0 bridgehead atoms. The molecule has 0 unspecified atom stereocenters. The van der Waals surface area contributed by atoms with E-state index in [2.05, 4.69) is 25.9 Å². The summed E-state index contributed by atoms with van der Waals surface area (Å²) in [4.78, 5) is 19.8. The lowest BCUT2D eigenvalue weighted by atomic mass is 10.3. The van der Waals surface area contributed by atoms with Crippen LogP contribution in [0.1, 0.15) is 16.8 Å². The topological polar surface area (TPSA) is 78.4 Å². The van der Waals surface area contributed by atoms with Crippen molar-refractivity contribution in [1.82, 2.24) is 20.9 Å². The van der Waals surface area contributed by atoms with Crippen molar-refractivity contribution < 1.29 is 4.79 Å².